The molecule has 0 unspecified atom stereocenters. The first kappa shape index (κ1) is 15.8. The maximum absolute atomic E-state index is 12.5. The summed E-state index contributed by atoms with van der Waals surface area (Å²) in [7, 11) is 2.00. The molecule has 2 aromatic heterocycles. The van der Waals surface area contributed by atoms with Crippen molar-refractivity contribution in [1.82, 2.24) is 34.3 Å². The number of rotatable bonds is 4. The van der Waals surface area contributed by atoms with Crippen LogP contribution in [0.2, 0.25) is 0 Å². The molecule has 0 atom stereocenters. The Labute approximate surface area is 145 Å². The van der Waals surface area contributed by atoms with Crippen LogP contribution in [0.5, 0.6) is 0 Å². The predicted molar refractivity (Wildman–Crippen MR) is 92.6 cm³/mol. The Bertz CT molecular complexity index is 843. The highest BCUT2D eigenvalue weighted by molar-refractivity contribution is 5.77. The maximum Gasteiger partial charge on any atom is 0.246 e. The van der Waals surface area contributed by atoms with Crippen LogP contribution < -0.4 is 0 Å². The number of carbonyl (C=O) groups is 1. The molecule has 8 nitrogen and oxygen atoms in total. The smallest absolute Gasteiger partial charge is 0.246 e. The van der Waals surface area contributed by atoms with Crippen molar-refractivity contribution in [3.63, 3.8) is 0 Å². The lowest BCUT2D eigenvalue weighted by Gasteiger charge is -2.34. The molecule has 1 aliphatic rings. The fourth-order valence-electron chi connectivity index (χ4n) is 3.10. The Kier molecular flexibility index (Phi) is 4.19. The molecule has 3 heterocycles. The van der Waals surface area contributed by atoms with Gasteiger partial charge in [0, 0.05) is 45.6 Å². The van der Waals surface area contributed by atoms with Crippen molar-refractivity contribution in [3.8, 4) is 0 Å². The van der Waals surface area contributed by atoms with Crippen molar-refractivity contribution in [3.05, 3.63) is 42.5 Å². The predicted octanol–water partition coefficient (Wildman–Crippen LogP) is 0.509. The van der Waals surface area contributed by atoms with E-state index in [0.717, 1.165) is 49.6 Å². The van der Waals surface area contributed by atoms with Crippen LogP contribution in [0.15, 0.2) is 36.7 Å². The second-order valence-corrected chi connectivity index (χ2v) is 6.33. The molecule has 25 heavy (non-hydrogen) atoms. The molecule has 0 N–H and O–H groups in total. The molecular weight excluding hydrogens is 318 g/mol. The number of hydrogen-bond donors (Lipinski definition) is 0. The molecule has 4 rings (SSSR count). The normalized spacial score (nSPS) is 15.8. The molecule has 0 radical (unpaired) electrons. The van der Waals surface area contributed by atoms with E-state index >= 15 is 0 Å². The van der Waals surface area contributed by atoms with E-state index in [9.17, 15) is 4.79 Å². The van der Waals surface area contributed by atoms with Crippen LogP contribution in [-0.4, -0.2) is 66.4 Å². The number of hydrogen-bond acceptors (Lipinski definition) is 5. The molecule has 0 spiro atoms. The summed E-state index contributed by atoms with van der Waals surface area (Å²) < 4.78 is 2.03. The second kappa shape index (κ2) is 6.64. The molecule has 1 saturated heterocycles. The van der Waals surface area contributed by atoms with Crippen molar-refractivity contribution in [2.24, 2.45) is 7.05 Å². The lowest BCUT2D eigenvalue weighted by molar-refractivity contribution is -0.134. The zero-order valence-electron chi connectivity index (χ0n) is 14.2. The molecule has 0 aliphatic carbocycles. The lowest BCUT2D eigenvalue weighted by Crippen LogP contribution is -2.49. The zero-order chi connectivity index (χ0) is 17.2. The van der Waals surface area contributed by atoms with Gasteiger partial charge in [-0.2, -0.15) is 15.0 Å². The first-order valence-corrected chi connectivity index (χ1v) is 8.45. The van der Waals surface area contributed by atoms with Gasteiger partial charge in [-0.3, -0.25) is 9.69 Å². The van der Waals surface area contributed by atoms with E-state index in [0.29, 0.717) is 0 Å². The van der Waals surface area contributed by atoms with Gasteiger partial charge in [-0.05, 0) is 12.1 Å². The topological polar surface area (TPSA) is 72.1 Å². The minimum atomic E-state index is 0.0666. The molecule has 8 heteroatoms. The van der Waals surface area contributed by atoms with Gasteiger partial charge >= 0.3 is 0 Å². The number of nitrogens with zero attached hydrogens (tertiary/aromatic N) is 7. The van der Waals surface area contributed by atoms with Gasteiger partial charge in [-0.1, -0.05) is 12.1 Å². The average molecular weight is 339 g/mol. The molecule has 3 aromatic rings. The summed E-state index contributed by atoms with van der Waals surface area (Å²) in [5.41, 5.74) is 1.63. The Hall–Kier alpha value is -2.74. The SMILES string of the molecule is Cn1ccnc1CN1CCN(C(=O)Cn2nc3ccccc3n2)CC1. The monoisotopic (exact) mass is 339 g/mol. The van der Waals surface area contributed by atoms with Crippen LogP contribution in [0, 0.1) is 0 Å². The third-order valence-corrected chi connectivity index (χ3v) is 4.62. The van der Waals surface area contributed by atoms with Crippen LogP contribution in [0.3, 0.4) is 0 Å². The zero-order valence-corrected chi connectivity index (χ0v) is 14.2. The Balaban J connectivity index is 1.32. The van der Waals surface area contributed by atoms with Gasteiger partial charge in [0.25, 0.3) is 0 Å². The van der Waals surface area contributed by atoms with E-state index in [2.05, 4.69) is 20.1 Å². The number of piperazine rings is 1. The van der Waals surface area contributed by atoms with Crippen LogP contribution >= 0.6 is 0 Å². The van der Waals surface area contributed by atoms with Crippen molar-refractivity contribution in [2.75, 3.05) is 26.2 Å². The Morgan fingerprint density at radius 1 is 1.08 bits per heavy atom. The summed E-state index contributed by atoms with van der Waals surface area (Å²) >= 11 is 0. The molecule has 0 saturated carbocycles. The van der Waals surface area contributed by atoms with Gasteiger partial charge < -0.3 is 9.47 Å². The van der Waals surface area contributed by atoms with Crippen LogP contribution in [0.25, 0.3) is 11.0 Å². The van der Waals surface area contributed by atoms with Gasteiger partial charge in [0.2, 0.25) is 5.91 Å². The number of amides is 1. The summed E-state index contributed by atoms with van der Waals surface area (Å²) in [5.74, 6) is 1.11. The highest BCUT2D eigenvalue weighted by Crippen LogP contribution is 2.09. The van der Waals surface area contributed by atoms with Crippen LogP contribution in [-0.2, 0) is 24.9 Å². The van der Waals surface area contributed by atoms with E-state index in [4.69, 9.17) is 0 Å². The van der Waals surface area contributed by atoms with Crippen molar-refractivity contribution >= 4 is 16.9 Å². The van der Waals surface area contributed by atoms with E-state index in [1.165, 1.54) is 4.80 Å². The standard InChI is InChI=1S/C17H21N7O/c1-21-7-6-18-16(21)12-22-8-10-23(11-9-22)17(25)13-24-19-14-4-2-3-5-15(14)20-24/h2-7H,8-13H2,1H3. The minimum Gasteiger partial charge on any atom is -0.338 e. The van der Waals surface area contributed by atoms with Gasteiger partial charge in [0.15, 0.2) is 0 Å². The molecule has 1 aliphatic heterocycles. The van der Waals surface area contributed by atoms with Crippen molar-refractivity contribution < 1.29 is 4.79 Å². The van der Waals surface area contributed by atoms with Crippen molar-refractivity contribution in [1.29, 1.82) is 0 Å². The highest BCUT2D eigenvalue weighted by Gasteiger charge is 2.22. The number of fused-ring (bicyclic) bond motifs is 1. The van der Waals surface area contributed by atoms with Gasteiger partial charge in [-0.25, -0.2) is 4.98 Å². The van der Waals surface area contributed by atoms with Crippen molar-refractivity contribution in [2.45, 2.75) is 13.1 Å². The first-order chi connectivity index (χ1) is 12.2. The number of benzene rings is 1. The van der Waals surface area contributed by atoms with E-state index in [1.54, 1.807) is 0 Å². The highest BCUT2D eigenvalue weighted by atomic mass is 16.2. The Morgan fingerprint density at radius 3 is 2.36 bits per heavy atom. The average Bonchev–Trinajstić information content (AvgIpc) is 3.21. The fourth-order valence-corrected chi connectivity index (χ4v) is 3.10. The number of aromatic nitrogens is 5. The molecule has 1 aromatic carbocycles. The Morgan fingerprint density at radius 2 is 1.76 bits per heavy atom. The minimum absolute atomic E-state index is 0.0666. The maximum atomic E-state index is 12.5. The number of imidazole rings is 1. The molecular formula is C17H21N7O. The van der Waals surface area contributed by atoms with Gasteiger partial charge in [0.05, 0.1) is 6.54 Å². The second-order valence-electron chi connectivity index (χ2n) is 6.33. The van der Waals surface area contributed by atoms with E-state index in [1.807, 2.05) is 53.2 Å². The lowest BCUT2D eigenvalue weighted by atomic mass is 10.3. The first-order valence-electron chi connectivity index (χ1n) is 8.45. The quantitative estimate of drug-likeness (QED) is 0.692. The molecule has 1 fully saturated rings. The summed E-state index contributed by atoms with van der Waals surface area (Å²) in [5, 5.41) is 8.72. The van der Waals surface area contributed by atoms with Gasteiger partial charge in [-0.15, -0.1) is 0 Å². The van der Waals surface area contributed by atoms with E-state index < -0.39 is 0 Å². The number of carbonyl (C=O) groups excluding carboxylic acids is 1. The van der Waals surface area contributed by atoms with E-state index in [-0.39, 0.29) is 12.5 Å². The molecule has 0 bridgehead atoms. The number of aryl methyl sites for hydroxylation is 1. The third-order valence-electron chi connectivity index (χ3n) is 4.62. The summed E-state index contributed by atoms with van der Waals surface area (Å²) in [4.78, 5) is 22.6. The molecule has 130 valence electrons. The third kappa shape index (κ3) is 3.39. The largest absolute Gasteiger partial charge is 0.338 e. The summed E-state index contributed by atoms with van der Waals surface area (Å²) in [6.45, 7) is 4.17. The molecule has 1 amide bonds. The van der Waals surface area contributed by atoms with Crippen LogP contribution in [0.1, 0.15) is 5.82 Å². The summed E-state index contributed by atoms with van der Waals surface area (Å²) in [6.07, 6.45) is 3.77. The summed E-state index contributed by atoms with van der Waals surface area (Å²) in [6, 6.07) is 7.65. The van der Waals surface area contributed by atoms with Gasteiger partial charge in [0.1, 0.15) is 23.4 Å². The van der Waals surface area contributed by atoms with Crippen LogP contribution in [0.4, 0.5) is 0 Å². The fraction of sp³-hybridized carbons (Fsp3) is 0.412.